The first-order valence-corrected chi connectivity index (χ1v) is 20.1. The number of ether oxygens (including phenoxy) is 5. The third kappa shape index (κ3) is 9.33. The SMILES string of the molecule is C=CCO[C@@]12Oc3ccc(OCCN4CC4)cc3[C@H]3[C@H](CCCCO)[C@@H](CCCCO)C=C(C(=NOC4CCCCO4)C[C@@H]1N(C)C(=O)OCCCl)[C@H]32. The van der Waals surface area contributed by atoms with E-state index >= 15 is 0 Å². The molecule has 12 nitrogen and oxygen atoms in total. The number of nitrogens with zero attached hydrogens (tertiary/aromatic N) is 3. The van der Waals surface area contributed by atoms with Crippen molar-refractivity contribution < 1.29 is 43.5 Å². The van der Waals surface area contributed by atoms with Crippen LogP contribution < -0.4 is 9.47 Å². The van der Waals surface area contributed by atoms with Crippen molar-refractivity contribution in [2.24, 2.45) is 22.9 Å². The highest BCUT2D eigenvalue weighted by Gasteiger charge is 2.65. The highest BCUT2D eigenvalue weighted by Crippen LogP contribution is 2.61. The fourth-order valence-electron chi connectivity index (χ4n) is 8.68. The number of alkyl halides is 1. The van der Waals surface area contributed by atoms with Crippen LogP contribution in [0.25, 0.3) is 0 Å². The van der Waals surface area contributed by atoms with Crippen molar-refractivity contribution >= 4 is 23.4 Å². The first-order valence-electron chi connectivity index (χ1n) is 19.6. The van der Waals surface area contributed by atoms with E-state index < -0.39 is 30.1 Å². The van der Waals surface area contributed by atoms with Gasteiger partial charge in [0, 0.05) is 64.2 Å². The summed E-state index contributed by atoms with van der Waals surface area (Å²) in [6.07, 6.45) is 10.9. The summed E-state index contributed by atoms with van der Waals surface area (Å²) in [4.78, 5) is 23.7. The van der Waals surface area contributed by atoms with E-state index in [4.69, 9.17) is 45.3 Å². The highest BCUT2D eigenvalue weighted by molar-refractivity contribution is 6.18. The van der Waals surface area contributed by atoms with Crippen LogP contribution in [-0.4, -0.2) is 122 Å². The summed E-state index contributed by atoms with van der Waals surface area (Å²) in [6.45, 7) is 8.76. The van der Waals surface area contributed by atoms with Gasteiger partial charge in [0.15, 0.2) is 0 Å². The largest absolute Gasteiger partial charge is 0.492 e. The molecule has 294 valence electrons. The lowest BCUT2D eigenvalue weighted by molar-refractivity contribution is -0.254. The van der Waals surface area contributed by atoms with Gasteiger partial charge in [-0.05, 0) is 74.1 Å². The van der Waals surface area contributed by atoms with Crippen LogP contribution in [0.5, 0.6) is 11.5 Å². The van der Waals surface area contributed by atoms with Crippen LogP contribution in [0.3, 0.4) is 0 Å². The fraction of sp³-hybridized carbons (Fsp3) is 0.700. The first-order chi connectivity index (χ1) is 25.9. The van der Waals surface area contributed by atoms with Gasteiger partial charge in [0.05, 0.1) is 30.7 Å². The minimum absolute atomic E-state index is 0.0604. The van der Waals surface area contributed by atoms with Crippen LogP contribution in [0.1, 0.15) is 75.7 Å². The van der Waals surface area contributed by atoms with Crippen LogP contribution in [-0.2, 0) is 19.0 Å². The molecule has 2 N–H and O–H groups in total. The van der Waals surface area contributed by atoms with E-state index in [1.54, 1.807) is 18.0 Å². The number of carbonyl (C=O) groups excluding carboxylic acids is 1. The first kappa shape index (κ1) is 39.8. The van der Waals surface area contributed by atoms with Crippen molar-refractivity contribution in [2.75, 3.05) is 72.2 Å². The van der Waals surface area contributed by atoms with Gasteiger partial charge >= 0.3 is 6.09 Å². The molecule has 1 amide bonds. The molecule has 2 saturated heterocycles. The minimum atomic E-state index is -1.35. The van der Waals surface area contributed by atoms with Crippen LogP contribution in [0.2, 0.25) is 0 Å². The van der Waals surface area contributed by atoms with E-state index in [0.717, 1.165) is 81.5 Å². The van der Waals surface area contributed by atoms with Gasteiger partial charge in [-0.15, -0.1) is 18.2 Å². The lowest BCUT2D eigenvalue weighted by Gasteiger charge is -2.59. The quantitative estimate of drug-likeness (QED) is 0.0549. The summed E-state index contributed by atoms with van der Waals surface area (Å²) in [5.74, 6) is -0.0253. The molecule has 3 aliphatic heterocycles. The average Bonchev–Trinajstić information content (AvgIpc) is 4.01. The van der Waals surface area contributed by atoms with Gasteiger partial charge in [-0.25, -0.2) is 4.79 Å². The molecule has 0 aromatic heterocycles. The van der Waals surface area contributed by atoms with Gasteiger partial charge in [-0.2, -0.15) is 0 Å². The lowest BCUT2D eigenvalue weighted by atomic mass is 9.55. The van der Waals surface area contributed by atoms with Gasteiger partial charge in [0.25, 0.3) is 0 Å². The monoisotopic (exact) mass is 759 g/mol. The summed E-state index contributed by atoms with van der Waals surface area (Å²) < 4.78 is 31.9. The zero-order valence-corrected chi connectivity index (χ0v) is 31.9. The maximum absolute atomic E-state index is 13.7. The number of fused-ring (bicyclic) bond motifs is 2. The molecule has 3 fully saturated rings. The number of hydrogen-bond acceptors (Lipinski definition) is 11. The van der Waals surface area contributed by atoms with E-state index in [2.05, 4.69) is 23.6 Å². The second-order valence-corrected chi connectivity index (χ2v) is 15.2. The molecule has 1 aromatic carbocycles. The Morgan fingerprint density at radius 2 is 1.96 bits per heavy atom. The number of unbranched alkanes of at least 4 members (excludes halogenated alkanes) is 2. The zero-order valence-electron chi connectivity index (χ0n) is 31.2. The predicted molar refractivity (Wildman–Crippen MR) is 201 cm³/mol. The van der Waals surface area contributed by atoms with Gasteiger partial charge in [0.1, 0.15) is 30.8 Å². The molecule has 13 heteroatoms. The van der Waals surface area contributed by atoms with E-state index in [0.29, 0.717) is 37.5 Å². The summed E-state index contributed by atoms with van der Waals surface area (Å²) in [5.41, 5.74) is 2.71. The lowest BCUT2D eigenvalue weighted by Crippen LogP contribution is -2.69. The third-order valence-electron chi connectivity index (χ3n) is 11.3. The van der Waals surface area contributed by atoms with Crippen LogP contribution in [0.15, 0.2) is 47.7 Å². The molecule has 1 unspecified atom stereocenters. The van der Waals surface area contributed by atoms with E-state index in [9.17, 15) is 15.0 Å². The number of carbonyl (C=O) groups is 1. The fourth-order valence-corrected chi connectivity index (χ4v) is 8.75. The molecule has 0 radical (unpaired) electrons. The Balaban J connectivity index is 1.51. The summed E-state index contributed by atoms with van der Waals surface area (Å²) in [6, 6.07) is 5.36. The Hall–Kier alpha value is -2.87. The second-order valence-electron chi connectivity index (χ2n) is 14.8. The van der Waals surface area contributed by atoms with Crippen molar-refractivity contribution in [1.29, 1.82) is 0 Å². The van der Waals surface area contributed by atoms with E-state index in [1.807, 2.05) is 12.1 Å². The Bertz CT molecular complexity index is 1430. The number of rotatable bonds is 20. The molecule has 3 heterocycles. The molecule has 5 aliphatic rings. The molecular formula is C40H58ClN3O9. The van der Waals surface area contributed by atoms with Gasteiger partial charge in [-0.3, -0.25) is 4.90 Å². The third-order valence-corrected chi connectivity index (χ3v) is 11.5. The number of hydrogen-bond donors (Lipinski definition) is 2. The number of allylic oxidation sites excluding steroid dienone is 1. The molecule has 0 bridgehead atoms. The number of aliphatic hydroxyl groups is 2. The van der Waals surface area contributed by atoms with Crippen molar-refractivity contribution in [3.8, 4) is 11.5 Å². The average molecular weight is 760 g/mol. The molecule has 53 heavy (non-hydrogen) atoms. The van der Waals surface area contributed by atoms with E-state index in [-0.39, 0.29) is 56.5 Å². The smallest absolute Gasteiger partial charge is 0.410 e. The summed E-state index contributed by atoms with van der Waals surface area (Å²) in [7, 11) is 1.71. The number of aliphatic hydroxyl groups excluding tert-OH is 2. The van der Waals surface area contributed by atoms with Crippen LogP contribution in [0.4, 0.5) is 4.79 Å². The summed E-state index contributed by atoms with van der Waals surface area (Å²) >= 11 is 5.94. The van der Waals surface area contributed by atoms with Crippen molar-refractivity contribution in [2.45, 2.75) is 88.2 Å². The Morgan fingerprint density at radius 1 is 1.15 bits per heavy atom. The molecule has 7 atom stereocenters. The molecule has 0 spiro atoms. The summed E-state index contributed by atoms with van der Waals surface area (Å²) in [5, 5.41) is 24.5. The van der Waals surface area contributed by atoms with Crippen LogP contribution in [0, 0.1) is 17.8 Å². The number of benzene rings is 1. The van der Waals surface area contributed by atoms with Gasteiger partial charge < -0.3 is 43.6 Å². The maximum atomic E-state index is 13.7. The number of halogens is 1. The van der Waals surface area contributed by atoms with Crippen LogP contribution >= 0.6 is 11.6 Å². The molecule has 6 rings (SSSR count). The molecular weight excluding hydrogens is 702 g/mol. The normalized spacial score (nSPS) is 29.7. The number of amides is 1. The standard InChI is InChI=1S/C40H58ClN3O9/c1-3-21-51-40-35(43(2)39(47)50-23-15-41)27-33(42-53-36-12-6-9-22-49-36)31-25-28(10-4-7-19-45)30(11-5-8-20-46)37(38(31)40)32-26-29(13-14-34(32)52-40)48-24-18-44-16-17-44/h3,13-14,25-26,28,30,35-38,45-46H,1,4-12,15-24,27H2,2H3/t28-,30+,35-,36?,37+,38+,40+/m0/s1. The molecule has 1 aromatic rings. The van der Waals surface area contributed by atoms with Crippen molar-refractivity contribution in [3.05, 3.63) is 48.1 Å². The second kappa shape index (κ2) is 19.1. The Labute approximate surface area is 319 Å². The maximum Gasteiger partial charge on any atom is 0.410 e. The van der Waals surface area contributed by atoms with E-state index in [1.165, 1.54) is 0 Å². The number of likely N-dealkylation sites (N-methyl/N-ethyl adjacent to an activating group) is 1. The van der Waals surface area contributed by atoms with Gasteiger partial charge in [-0.1, -0.05) is 30.1 Å². The van der Waals surface area contributed by atoms with Crippen molar-refractivity contribution in [3.63, 3.8) is 0 Å². The minimum Gasteiger partial charge on any atom is -0.492 e. The van der Waals surface area contributed by atoms with Crippen molar-refractivity contribution in [1.82, 2.24) is 9.80 Å². The Kier molecular flexibility index (Phi) is 14.4. The number of oxime groups is 1. The zero-order chi connectivity index (χ0) is 37.2. The molecule has 1 saturated carbocycles. The predicted octanol–water partition coefficient (Wildman–Crippen LogP) is 5.85. The Morgan fingerprint density at radius 3 is 2.68 bits per heavy atom. The van der Waals surface area contributed by atoms with Gasteiger partial charge in [0.2, 0.25) is 12.1 Å². The highest BCUT2D eigenvalue weighted by atomic mass is 35.5. The topological polar surface area (TPSA) is 132 Å². The molecule has 2 aliphatic carbocycles.